The van der Waals surface area contributed by atoms with Gasteiger partial charge in [0.05, 0.1) is 25.4 Å². The fourth-order valence-corrected chi connectivity index (χ4v) is 4.40. The normalized spacial score (nSPS) is 38.4. The summed E-state index contributed by atoms with van der Waals surface area (Å²) in [5.74, 6) is 0. The van der Waals surface area contributed by atoms with Crippen LogP contribution in [0.3, 0.4) is 0 Å². The number of ether oxygens (including phenoxy) is 2. The summed E-state index contributed by atoms with van der Waals surface area (Å²) in [6.07, 6.45) is -3.60. The van der Waals surface area contributed by atoms with Gasteiger partial charge in [0.2, 0.25) is 0 Å². The summed E-state index contributed by atoms with van der Waals surface area (Å²) in [5.41, 5.74) is 2.81. The van der Waals surface area contributed by atoms with E-state index in [9.17, 15) is 40.9 Å². The molecule has 0 aliphatic carbocycles. The number of aliphatic hydroxyl groups is 8. The number of rotatable bonds is 8. The third-order valence-corrected chi connectivity index (χ3v) is 6.62. The zero-order valence-electron chi connectivity index (χ0n) is 19.5. The van der Waals surface area contributed by atoms with E-state index in [1.54, 1.807) is 12.2 Å². The van der Waals surface area contributed by atoms with Gasteiger partial charge < -0.3 is 50.3 Å². The minimum Gasteiger partial charge on any atom is -0.394 e. The first-order chi connectivity index (χ1) is 16.7. The molecular formula is C25H36O10. The van der Waals surface area contributed by atoms with Crippen LogP contribution in [0.1, 0.15) is 29.5 Å². The topological polar surface area (TPSA) is 180 Å². The molecule has 0 unspecified atom stereocenters. The van der Waals surface area contributed by atoms with Crippen molar-refractivity contribution < 1.29 is 50.3 Å². The molecule has 35 heavy (non-hydrogen) atoms. The molecule has 0 amide bonds. The second-order valence-electron chi connectivity index (χ2n) is 9.13. The van der Waals surface area contributed by atoms with Crippen molar-refractivity contribution >= 4 is 12.2 Å². The number of aliphatic hydroxyl groups excluding tert-OH is 8. The first kappa shape index (κ1) is 27.9. The Balaban J connectivity index is 1.57. The van der Waals surface area contributed by atoms with Crippen LogP contribution in [0.15, 0.2) is 30.4 Å². The molecule has 3 rings (SSSR count). The highest BCUT2D eigenvalue weighted by atomic mass is 16.5. The van der Waals surface area contributed by atoms with Gasteiger partial charge in [-0.1, -0.05) is 42.5 Å². The SMILES string of the molecule is Cc1cc(/C=C/C[C@H]2O[C@H](CO)[C@@H](O)[C@H](O)[C@@H]2O)ccc1/C=C/C[C@H]1O[C@H](CO)[C@@H](O)[C@H](O)[C@@H]1O. The second kappa shape index (κ2) is 12.5. The van der Waals surface area contributed by atoms with Crippen LogP contribution in [0.4, 0.5) is 0 Å². The molecule has 2 aliphatic heterocycles. The molecular weight excluding hydrogens is 460 g/mol. The monoisotopic (exact) mass is 496 g/mol. The van der Waals surface area contributed by atoms with Crippen molar-refractivity contribution in [2.24, 2.45) is 0 Å². The van der Waals surface area contributed by atoms with Crippen LogP contribution in [0.25, 0.3) is 12.2 Å². The predicted octanol–water partition coefficient (Wildman–Crippen LogP) is -1.51. The Morgan fingerprint density at radius 3 is 1.57 bits per heavy atom. The lowest BCUT2D eigenvalue weighted by Gasteiger charge is -2.39. The standard InChI is InChI=1S/C25H36O10/c1-13-10-14(4-2-6-16-20(28)24(32)22(30)18(11-26)34-16)8-9-15(13)5-3-7-17-21(29)25(33)23(31)19(12-27)35-17/h2-5,8-10,16-33H,6-7,11-12H2,1H3/b4-2+,5-3+/t16-,17-,18-,19-,20-,21-,22-,23-,24-,25-/m1/s1. The first-order valence-corrected chi connectivity index (χ1v) is 11.7. The molecule has 10 heteroatoms. The molecule has 2 saturated heterocycles. The Morgan fingerprint density at radius 1 is 0.657 bits per heavy atom. The highest BCUT2D eigenvalue weighted by Gasteiger charge is 2.43. The van der Waals surface area contributed by atoms with E-state index in [1.165, 1.54) is 0 Å². The minimum atomic E-state index is -1.39. The van der Waals surface area contributed by atoms with E-state index in [4.69, 9.17) is 9.47 Å². The van der Waals surface area contributed by atoms with E-state index in [0.29, 0.717) is 0 Å². The predicted molar refractivity (Wildman–Crippen MR) is 126 cm³/mol. The summed E-state index contributed by atoms with van der Waals surface area (Å²) in [6.45, 7) is 1.01. The lowest BCUT2D eigenvalue weighted by atomic mass is 9.93. The smallest absolute Gasteiger partial charge is 0.111 e. The van der Waals surface area contributed by atoms with Crippen LogP contribution in [0.2, 0.25) is 0 Å². The van der Waals surface area contributed by atoms with Crippen LogP contribution >= 0.6 is 0 Å². The van der Waals surface area contributed by atoms with Gasteiger partial charge in [-0.2, -0.15) is 0 Å². The van der Waals surface area contributed by atoms with Crippen LogP contribution in [-0.4, -0.2) is 115 Å². The lowest BCUT2D eigenvalue weighted by Crippen LogP contribution is -2.58. The zero-order valence-corrected chi connectivity index (χ0v) is 19.5. The molecule has 1 aromatic rings. The van der Waals surface area contributed by atoms with Crippen LogP contribution in [-0.2, 0) is 9.47 Å². The van der Waals surface area contributed by atoms with Crippen LogP contribution < -0.4 is 0 Å². The highest BCUT2D eigenvalue weighted by Crippen LogP contribution is 2.25. The van der Waals surface area contributed by atoms with Gasteiger partial charge in [-0.05, 0) is 36.5 Å². The summed E-state index contributed by atoms with van der Waals surface area (Å²) in [5, 5.41) is 78.4. The van der Waals surface area contributed by atoms with E-state index in [1.807, 2.05) is 37.3 Å². The lowest BCUT2D eigenvalue weighted by molar-refractivity contribution is -0.227. The highest BCUT2D eigenvalue weighted by molar-refractivity contribution is 5.59. The molecule has 2 heterocycles. The summed E-state index contributed by atoms with van der Waals surface area (Å²) in [4.78, 5) is 0. The third kappa shape index (κ3) is 6.55. The molecule has 0 radical (unpaired) electrons. The summed E-state index contributed by atoms with van der Waals surface area (Å²) in [7, 11) is 0. The minimum absolute atomic E-state index is 0.279. The molecule has 8 N–H and O–H groups in total. The van der Waals surface area contributed by atoms with Crippen LogP contribution in [0.5, 0.6) is 0 Å². The van der Waals surface area contributed by atoms with Crippen molar-refractivity contribution in [3.05, 3.63) is 47.0 Å². The summed E-state index contributed by atoms with van der Waals surface area (Å²) >= 11 is 0. The van der Waals surface area contributed by atoms with Crippen molar-refractivity contribution in [1.29, 1.82) is 0 Å². The fraction of sp³-hybridized carbons (Fsp3) is 0.600. The van der Waals surface area contributed by atoms with Gasteiger partial charge >= 0.3 is 0 Å². The maximum atomic E-state index is 10.1. The summed E-state index contributed by atoms with van der Waals surface area (Å²) in [6, 6.07) is 5.76. The molecule has 0 aromatic heterocycles. The summed E-state index contributed by atoms with van der Waals surface area (Å²) < 4.78 is 11.0. The molecule has 2 fully saturated rings. The number of hydrogen-bond acceptors (Lipinski definition) is 10. The van der Waals surface area contributed by atoms with Gasteiger partial charge in [0.25, 0.3) is 0 Å². The number of benzene rings is 1. The first-order valence-electron chi connectivity index (χ1n) is 11.7. The van der Waals surface area contributed by atoms with E-state index in [2.05, 4.69) is 0 Å². The van der Waals surface area contributed by atoms with Gasteiger partial charge in [-0.15, -0.1) is 0 Å². The molecule has 1 aromatic carbocycles. The molecule has 10 nitrogen and oxygen atoms in total. The average molecular weight is 497 g/mol. The second-order valence-corrected chi connectivity index (χ2v) is 9.13. The van der Waals surface area contributed by atoms with Crippen molar-refractivity contribution in [2.45, 2.75) is 80.8 Å². The largest absolute Gasteiger partial charge is 0.394 e. The van der Waals surface area contributed by atoms with Gasteiger partial charge in [0.1, 0.15) is 48.8 Å². The molecule has 0 bridgehead atoms. The Morgan fingerprint density at radius 2 is 1.11 bits per heavy atom. The van der Waals surface area contributed by atoms with Gasteiger partial charge in [-0.3, -0.25) is 0 Å². The van der Waals surface area contributed by atoms with Gasteiger partial charge in [0, 0.05) is 0 Å². The van der Waals surface area contributed by atoms with Gasteiger partial charge in [0.15, 0.2) is 0 Å². The van der Waals surface area contributed by atoms with Crippen molar-refractivity contribution in [2.75, 3.05) is 13.2 Å². The Kier molecular flexibility index (Phi) is 9.96. The maximum absolute atomic E-state index is 10.1. The van der Waals surface area contributed by atoms with Crippen molar-refractivity contribution in [1.82, 2.24) is 0 Å². The fourth-order valence-electron chi connectivity index (χ4n) is 4.40. The molecule has 196 valence electrons. The molecule has 10 atom stereocenters. The Labute approximate surface area is 204 Å². The van der Waals surface area contributed by atoms with E-state index in [-0.39, 0.29) is 12.8 Å². The quantitative estimate of drug-likeness (QED) is 0.211. The number of aryl methyl sites for hydroxylation is 1. The van der Waals surface area contributed by atoms with Crippen molar-refractivity contribution in [3.63, 3.8) is 0 Å². The molecule has 0 spiro atoms. The molecule has 2 aliphatic rings. The average Bonchev–Trinajstić information content (AvgIpc) is 2.85. The van der Waals surface area contributed by atoms with Gasteiger partial charge in [-0.25, -0.2) is 0 Å². The maximum Gasteiger partial charge on any atom is 0.111 e. The Bertz CT molecular complexity index is 870. The van der Waals surface area contributed by atoms with E-state index >= 15 is 0 Å². The van der Waals surface area contributed by atoms with E-state index in [0.717, 1.165) is 16.7 Å². The van der Waals surface area contributed by atoms with Crippen molar-refractivity contribution in [3.8, 4) is 0 Å². The molecule has 0 saturated carbocycles. The Hall–Kier alpha value is -1.70. The van der Waals surface area contributed by atoms with E-state index < -0.39 is 74.3 Å². The van der Waals surface area contributed by atoms with Crippen LogP contribution in [0, 0.1) is 6.92 Å². The zero-order chi connectivity index (χ0) is 25.7. The third-order valence-electron chi connectivity index (χ3n) is 6.62. The number of hydrogen-bond donors (Lipinski definition) is 8.